The maximum absolute atomic E-state index is 10.6. The predicted octanol–water partition coefficient (Wildman–Crippen LogP) is -0.0863. The predicted molar refractivity (Wildman–Crippen MR) is 45.1 cm³/mol. The summed E-state index contributed by atoms with van der Waals surface area (Å²) in [7, 11) is 0. The molecule has 0 saturated heterocycles. The standard InChI is InChI=1S/C8H11N3O2/c9-7(8(12)13)5-4-11-3-1-2-6(11)10-5/h4,7H,1-3,9H2,(H,12,13). The normalized spacial score (nSPS) is 17.0. The van der Waals surface area contributed by atoms with Crippen LogP contribution in [-0.4, -0.2) is 20.6 Å². The zero-order valence-electron chi connectivity index (χ0n) is 7.10. The molecule has 1 aliphatic rings. The summed E-state index contributed by atoms with van der Waals surface area (Å²) in [5.74, 6) is -0.0801. The molecular formula is C8H11N3O2. The average Bonchev–Trinajstić information content (AvgIpc) is 2.59. The van der Waals surface area contributed by atoms with Crippen molar-refractivity contribution in [2.45, 2.75) is 25.4 Å². The summed E-state index contributed by atoms with van der Waals surface area (Å²) in [5, 5.41) is 8.65. The summed E-state index contributed by atoms with van der Waals surface area (Å²) in [6, 6.07) is -0.988. The molecule has 0 radical (unpaired) electrons. The number of aromatic nitrogens is 2. The molecule has 5 nitrogen and oxygen atoms in total. The molecule has 1 aromatic heterocycles. The van der Waals surface area contributed by atoms with E-state index in [0.717, 1.165) is 25.2 Å². The highest BCUT2D eigenvalue weighted by Gasteiger charge is 2.21. The average molecular weight is 181 g/mol. The number of imidazole rings is 1. The van der Waals surface area contributed by atoms with Crippen LogP contribution in [0, 0.1) is 0 Å². The molecule has 0 saturated carbocycles. The Morgan fingerprint density at radius 3 is 3.15 bits per heavy atom. The fourth-order valence-corrected chi connectivity index (χ4v) is 1.55. The zero-order chi connectivity index (χ0) is 9.42. The molecule has 0 bridgehead atoms. The van der Waals surface area contributed by atoms with Gasteiger partial charge in [0, 0.05) is 19.2 Å². The fourth-order valence-electron chi connectivity index (χ4n) is 1.55. The minimum absolute atomic E-state index is 0.460. The van der Waals surface area contributed by atoms with Crippen molar-refractivity contribution in [3.63, 3.8) is 0 Å². The maximum Gasteiger partial charge on any atom is 0.326 e. The molecule has 70 valence electrons. The first kappa shape index (κ1) is 8.25. The SMILES string of the molecule is NC(C(=O)O)c1cn2c(n1)CCC2. The Kier molecular flexibility index (Phi) is 1.81. The van der Waals surface area contributed by atoms with Crippen LogP contribution in [-0.2, 0) is 17.8 Å². The minimum Gasteiger partial charge on any atom is -0.480 e. The molecule has 0 amide bonds. The van der Waals surface area contributed by atoms with Crippen molar-refractivity contribution < 1.29 is 9.90 Å². The van der Waals surface area contributed by atoms with Crippen molar-refractivity contribution >= 4 is 5.97 Å². The smallest absolute Gasteiger partial charge is 0.326 e. The third-order valence-electron chi connectivity index (χ3n) is 2.26. The van der Waals surface area contributed by atoms with E-state index in [1.165, 1.54) is 0 Å². The summed E-state index contributed by atoms with van der Waals surface area (Å²) in [4.78, 5) is 14.7. The lowest BCUT2D eigenvalue weighted by atomic mass is 10.2. The second-order valence-electron chi connectivity index (χ2n) is 3.19. The Bertz CT molecular complexity index is 324. The lowest BCUT2D eigenvalue weighted by molar-refractivity contribution is -0.138. The van der Waals surface area contributed by atoms with E-state index in [-0.39, 0.29) is 0 Å². The van der Waals surface area contributed by atoms with Crippen LogP contribution in [0.1, 0.15) is 24.0 Å². The van der Waals surface area contributed by atoms with E-state index in [1.807, 2.05) is 4.57 Å². The first-order valence-corrected chi connectivity index (χ1v) is 4.23. The van der Waals surface area contributed by atoms with Crippen LogP contribution < -0.4 is 5.73 Å². The van der Waals surface area contributed by atoms with Gasteiger partial charge in [0.15, 0.2) is 0 Å². The Hall–Kier alpha value is -1.36. The van der Waals surface area contributed by atoms with Crippen LogP contribution in [0.4, 0.5) is 0 Å². The Balaban J connectivity index is 2.28. The molecule has 0 aromatic carbocycles. The van der Waals surface area contributed by atoms with Gasteiger partial charge in [-0.3, -0.25) is 4.79 Å². The monoisotopic (exact) mass is 181 g/mol. The summed E-state index contributed by atoms with van der Waals surface area (Å²) >= 11 is 0. The first-order chi connectivity index (χ1) is 6.18. The molecule has 0 aliphatic carbocycles. The number of rotatable bonds is 2. The molecular weight excluding hydrogens is 170 g/mol. The third-order valence-corrected chi connectivity index (χ3v) is 2.26. The third kappa shape index (κ3) is 1.31. The van der Waals surface area contributed by atoms with Crippen LogP contribution in [0.15, 0.2) is 6.20 Å². The summed E-state index contributed by atoms with van der Waals surface area (Å²) in [6.45, 7) is 0.925. The van der Waals surface area contributed by atoms with Crippen molar-refractivity contribution in [1.29, 1.82) is 0 Å². The van der Waals surface area contributed by atoms with Crippen molar-refractivity contribution in [2.24, 2.45) is 5.73 Å². The molecule has 1 aliphatic heterocycles. The molecule has 13 heavy (non-hydrogen) atoms. The topological polar surface area (TPSA) is 81.1 Å². The Labute approximate surface area is 75.2 Å². The maximum atomic E-state index is 10.6. The molecule has 2 rings (SSSR count). The van der Waals surface area contributed by atoms with Crippen molar-refractivity contribution in [2.75, 3.05) is 0 Å². The van der Waals surface area contributed by atoms with Gasteiger partial charge in [-0.2, -0.15) is 0 Å². The van der Waals surface area contributed by atoms with Gasteiger partial charge in [-0.1, -0.05) is 0 Å². The van der Waals surface area contributed by atoms with E-state index in [2.05, 4.69) is 4.98 Å². The molecule has 5 heteroatoms. The van der Waals surface area contributed by atoms with Crippen LogP contribution in [0.2, 0.25) is 0 Å². The lowest BCUT2D eigenvalue weighted by Crippen LogP contribution is -2.21. The van der Waals surface area contributed by atoms with Gasteiger partial charge < -0.3 is 15.4 Å². The number of carboxylic acid groups (broad SMARTS) is 1. The molecule has 2 heterocycles. The number of nitrogens with zero attached hydrogens (tertiary/aromatic N) is 2. The van der Waals surface area contributed by atoms with E-state index >= 15 is 0 Å². The van der Waals surface area contributed by atoms with Crippen LogP contribution in [0.25, 0.3) is 0 Å². The molecule has 0 spiro atoms. The van der Waals surface area contributed by atoms with E-state index in [4.69, 9.17) is 10.8 Å². The van der Waals surface area contributed by atoms with Gasteiger partial charge in [-0.25, -0.2) is 4.98 Å². The van der Waals surface area contributed by atoms with Crippen molar-refractivity contribution in [1.82, 2.24) is 9.55 Å². The quantitative estimate of drug-likeness (QED) is 0.668. The van der Waals surface area contributed by atoms with Gasteiger partial charge in [0.25, 0.3) is 0 Å². The van der Waals surface area contributed by atoms with Crippen LogP contribution in [0.3, 0.4) is 0 Å². The van der Waals surface area contributed by atoms with E-state index < -0.39 is 12.0 Å². The number of hydrogen-bond acceptors (Lipinski definition) is 3. The zero-order valence-corrected chi connectivity index (χ0v) is 7.10. The number of aliphatic carboxylic acids is 1. The highest BCUT2D eigenvalue weighted by Crippen LogP contribution is 2.17. The second kappa shape index (κ2) is 2.85. The molecule has 0 fully saturated rings. The number of hydrogen-bond donors (Lipinski definition) is 2. The van der Waals surface area contributed by atoms with Gasteiger partial charge in [-0.15, -0.1) is 0 Å². The summed E-state index contributed by atoms with van der Waals surface area (Å²) in [5.41, 5.74) is 5.88. The Morgan fingerprint density at radius 1 is 1.77 bits per heavy atom. The van der Waals surface area contributed by atoms with Gasteiger partial charge >= 0.3 is 5.97 Å². The van der Waals surface area contributed by atoms with Crippen molar-refractivity contribution in [3.05, 3.63) is 17.7 Å². The highest BCUT2D eigenvalue weighted by atomic mass is 16.4. The summed E-state index contributed by atoms with van der Waals surface area (Å²) in [6.07, 6.45) is 3.75. The number of carboxylic acids is 1. The van der Waals surface area contributed by atoms with Gasteiger partial charge in [0.1, 0.15) is 11.9 Å². The highest BCUT2D eigenvalue weighted by molar-refractivity contribution is 5.74. The largest absolute Gasteiger partial charge is 0.480 e. The molecule has 3 N–H and O–H groups in total. The van der Waals surface area contributed by atoms with E-state index in [9.17, 15) is 4.79 Å². The number of nitrogens with two attached hydrogens (primary N) is 1. The minimum atomic E-state index is -1.03. The van der Waals surface area contributed by atoms with Gasteiger partial charge in [-0.05, 0) is 6.42 Å². The lowest BCUT2D eigenvalue weighted by Gasteiger charge is -2.00. The number of carbonyl (C=O) groups is 1. The van der Waals surface area contributed by atoms with E-state index in [0.29, 0.717) is 5.69 Å². The second-order valence-corrected chi connectivity index (χ2v) is 3.19. The van der Waals surface area contributed by atoms with Crippen LogP contribution >= 0.6 is 0 Å². The molecule has 1 atom stereocenters. The van der Waals surface area contributed by atoms with E-state index in [1.54, 1.807) is 6.20 Å². The van der Waals surface area contributed by atoms with Gasteiger partial charge in [0.2, 0.25) is 0 Å². The Morgan fingerprint density at radius 2 is 2.54 bits per heavy atom. The first-order valence-electron chi connectivity index (χ1n) is 4.23. The fraction of sp³-hybridized carbons (Fsp3) is 0.500. The van der Waals surface area contributed by atoms with Crippen molar-refractivity contribution in [3.8, 4) is 0 Å². The van der Waals surface area contributed by atoms with Gasteiger partial charge in [0.05, 0.1) is 5.69 Å². The number of aryl methyl sites for hydroxylation is 2. The van der Waals surface area contributed by atoms with Crippen LogP contribution in [0.5, 0.6) is 0 Å². The summed E-state index contributed by atoms with van der Waals surface area (Å²) < 4.78 is 1.97. The number of fused-ring (bicyclic) bond motifs is 1. The molecule has 1 unspecified atom stereocenters. The molecule has 1 aromatic rings.